The Morgan fingerprint density at radius 3 is 2.43 bits per heavy atom. The van der Waals surface area contributed by atoms with E-state index in [9.17, 15) is 18.0 Å². The summed E-state index contributed by atoms with van der Waals surface area (Å²) in [5.74, 6) is -3.66. The molecule has 4 nitrogen and oxygen atoms in total. The van der Waals surface area contributed by atoms with Gasteiger partial charge in [0, 0.05) is 6.20 Å². The molecule has 21 heavy (non-hydrogen) atoms. The standard InChI is InChI=1S/C14H11F3N2O2/c15-9-3-1-4-10(16)12(9)13(20)18-7-8-21-14-11(17)5-2-6-19-14/h1-6H,7-8H2,(H,18,20). The summed E-state index contributed by atoms with van der Waals surface area (Å²) in [6.07, 6.45) is 1.35. The van der Waals surface area contributed by atoms with Crippen LogP contribution in [0.2, 0.25) is 0 Å². The first-order valence-electron chi connectivity index (χ1n) is 6.05. The summed E-state index contributed by atoms with van der Waals surface area (Å²) in [6, 6.07) is 5.71. The van der Waals surface area contributed by atoms with Crippen molar-refractivity contribution in [1.82, 2.24) is 10.3 Å². The van der Waals surface area contributed by atoms with Gasteiger partial charge in [0.05, 0.1) is 6.54 Å². The number of benzene rings is 1. The number of ether oxygens (including phenoxy) is 1. The molecule has 0 atom stereocenters. The van der Waals surface area contributed by atoms with Gasteiger partial charge >= 0.3 is 0 Å². The smallest absolute Gasteiger partial charge is 0.257 e. The Kier molecular flexibility index (Phi) is 4.76. The fourth-order valence-corrected chi connectivity index (χ4v) is 1.59. The van der Waals surface area contributed by atoms with Gasteiger partial charge in [0.1, 0.15) is 23.8 Å². The predicted octanol–water partition coefficient (Wildman–Crippen LogP) is 2.31. The number of carbonyl (C=O) groups excluding carboxylic acids is 1. The van der Waals surface area contributed by atoms with Crippen molar-refractivity contribution in [3.63, 3.8) is 0 Å². The fraction of sp³-hybridized carbons (Fsp3) is 0.143. The monoisotopic (exact) mass is 296 g/mol. The first-order chi connectivity index (χ1) is 10.1. The van der Waals surface area contributed by atoms with Crippen LogP contribution in [-0.2, 0) is 0 Å². The highest BCUT2D eigenvalue weighted by Crippen LogP contribution is 2.12. The van der Waals surface area contributed by atoms with Crippen LogP contribution in [0.15, 0.2) is 36.5 Å². The number of hydrogen-bond acceptors (Lipinski definition) is 3. The molecule has 0 aliphatic carbocycles. The summed E-state index contributed by atoms with van der Waals surface area (Å²) in [5, 5.41) is 2.28. The first kappa shape index (κ1) is 14.8. The number of hydrogen-bond donors (Lipinski definition) is 1. The van der Waals surface area contributed by atoms with E-state index in [4.69, 9.17) is 4.74 Å². The van der Waals surface area contributed by atoms with Gasteiger partial charge in [-0.1, -0.05) is 6.07 Å². The summed E-state index contributed by atoms with van der Waals surface area (Å²) in [4.78, 5) is 15.3. The topological polar surface area (TPSA) is 51.2 Å². The Balaban J connectivity index is 1.87. The van der Waals surface area contributed by atoms with Gasteiger partial charge in [-0.2, -0.15) is 0 Å². The predicted molar refractivity (Wildman–Crippen MR) is 68.4 cm³/mol. The van der Waals surface area contributed by atoms with Crippen molar-refractivity contribution in [3.05, 3.63) is 59.5 Å². The summed E-state index contributed by atoms with van der Waals surface area (Å²) >= 11 is 0. The molecule has 0 fully saturated rings. The summed E-state index contributed by atoms with van der Waals surface area (Å²) in [5.41, 5.74) is -0.665. The maximum absolute atomic E-state index is 13.3. The minimum atomic E-state index is -0.954. The SMILES string of the molecule is O=C(NCCOc1ncccc1F)c1c(F)cccc1F. The molecule has 110 valence electrons. The molecule has 2 rings (SSSR count). The minimum absolute atomic E-state index is 0.0530. The van der Waals surface area contributed by atoms with Crippen LogP contribution in [0, 0.1) is 17.5 Å². The molecule has 1 amide bonds. The van der Waals surface area contributed by atoms with Crippen molar-refractivity contribution in [3.8, 4) is 5.88 Å². The third kappa shape index (κ3) is 3.71. The number of rotatable bonds is 5. The van der Waals surface area contributed by atoms with E-state index < -0.39 is 28.9 Å². The molecule has 0 saturated heterocycles. The van der Waals surface area contributed by atoms with Crippen molar-refractivity contribution in [1.29, 1.82) is 0 Å². The van der Waals surface area contributed by atoms with Gasteiger partial charge in [-0.15, -0.1) is 0 Å². The van der Waals surface area contributed by atoms with E-state index in [1.165, 1.54) is 18.3 Å². The Bertz CT molecular complexity index is 630. The van der Waals surface area contributed by atoms with Gasteiger partial charge < -0.3 is 10.1 Å². The molecule has 1 heterocycles. The normalized spacial score (nSPS) is 10.2. The van der Waals surface area contributed by atoms with Gasteiger partial charge in [-0.3, -0.25) is 4.79 Å². The van der Waals surface area contributed by atoms with Crippen molar-refractivity contribution in [2.75, 3.05) is 13.2 Å². The lowest BCUT2D eigenvalue weighted by atomic mass is 10.2. The average molecular weight is 296 g/mol. The fourth-order valence-electron chi connectivity index (χ4n) is 1.59. The first-order valence-corrected chi connectivity index (χ1v) is 6.05. The maximum Gasteiger partial charge on any atom is 0.257 e. The Labute approximate surface area is 118 Å². The van der Waals surface area contributed by atoms with Crippen LogP contribution in [0.5, 0.6) is 5.88 Å². The molecule has 0 aliphatic rings. The number of carbonyl (C=O) groups is 1. The molecule has 1 aromatic heterocycles. The number of pyridine rings is 1. The highest BCUT2D eigenvalue weighted by atomic mass is 19.1. The van der Waals surface area contributed by atoms with E-state index in [1.807, 2.05) is 0 Å². The molecule has 0 radical (unpaired) electrons. The third-order valence-electron chi connectivity index (χ3n) is 2.54. The Hall–Kier alpha value is -2.57. The van der Waals surface area contributed by atoms with Gasteiger partial charge in [0.25, 0.3) is 5.91 Å². The second-order valence-electron chi connectivity index (χ2n) is 3.99. The van der Waals surface area contributed by atoms with Crippen LogP contribution in [-0.4, -0.2) is 24.0 Å². The molecule has 7 heteroatoms. The second-order valence-corrected chi connectivity index (χ2v) is 3.99. The Morgan fingerprint density at radius 2 is 1.76 bits per heavy atom. The van der Waals surface area contributed by atoms with Crippen LogP contribution in [0.25, 0.3) is 0 Å². The van der Waals surface area contributed by atoms with E-state index >= 15 is 0 Å². The van der Waals surface area contributed by atoms with Gasteiger partial charge in [0.15, 0.2) is 5.82 Å². The van der Waals surface area contributed by atoms with Gasteiger partial charge in [-0.05, 0) is 24.3 Å². The molecule has 0 saturated carbocycles. The van der Waals surface area contributed by atoms with Crippen LogP contribution in [0.1, 0.15) is 10.4 Å². The summed E-state index contributed by atoms with van der Waals surface area (Å²) in [6.45, 7) is -0.141. The zero-order chi connectivity index (χ0) is 15.2. The average Bonchev–Trinajstić information content (AvgIpc) is 2.45. The molecule has 1 N–H and O–H groups in total. The number of nitrogens with one attached hydrogen (secondary N) is 1. The third-order valence-corrected chi connectivity index (χ3v) is 2.54. The molecular weight excluding hydrogens is 285 g/mol. The van der Waals surface area contributed by atoms with Gasteiger partial charge in [-0.25, -0.2) is 18.2 Å². The molecule has 2 aromatic rings. The highest BCUT2D eigenvalue weighted by molar-refractivity contribution is 5.94. The van der Waals surface area contributed by atoms with E-state index in [-0.39, 0.29) is 19.0 Å². The zero-order valence-corrected chi connectivity index (χ0v) is 10.8. The van der Waals surface area contributed by atoms with Gasteiger partial charge in [0.2, 0.25) is 5.88 Å². The van der Waals surface area contributed by atoms with E-state index in [1.54, 1.807) is 0 Å². The molecule has 0 spiro atoms. The molecule has 0 aliphatic heterocycles. The van der Waals surface area contributed by atoms with Crippen molar-refractivity contribution >= 4 is 5.91 Å². The van der Waals surface area contributed by atoms with Crippen molar-refractivity contribution in [2.24, 2.45) is 0 Å². The van der Waals surface area contributed by atoms with E-state index in [0.29, 0.717) is 0 Å². The lowest BCUT2D eigenvalue weighted by Gasteiger charge is -2.08. The molecule has 0 bridgehead atoms. The quantitative estimate of drug-likeness (QED) is 0.861. The van der Waals surface area contributed by atoms with E-state index in [0.717, 1.165) is 18.2 Å². The van der Waals surface area contributed by atoms with E-state index in [2.05, 4.69) is 10.3 Å². The lowest BCUT2D eigenvalue weighted by molar-refractivity contribution is 0.0938. The lowest BCUT2D eigenvalue weighted by Crippen LogP contribution is -2.29. The van der Waals surface area contributed by atoms with Crippen LogP contribution in [0.3, 0.4) is 0 Å². The summed E-state index contributed by atoms with van der Waals surface area (Å²) < 4.78 is 44.8. The molecular formula is C14H11F3N2O2. The number of nitrogens with zero attached hydrogens (tertiary/aromatic N) is 1. The number of halogens is 3. The Morgan fingerprint density at radius 1 is 1.10 bits per heavy atom. The molecule has 1 aromatic carbocycles. The highest BCUT2D eigenvalue weighted by Gasteiger charge is 2.16. The maximum atomic E-state index is 13.3. The number of amides is 1. The molecule has 0 unspecified atom stereocenters. The minimum Gasteiger partial charge on any atom is -0.474 e. The van der Waals surface area contributed by atoms with Crippen LogP contribution < -0.4 is 10.1 Å². The van der Waals surface area contributed by atoms with Crippen LogP contribution >= 0.6 is 0 Å². The van der Waals surface area contributed by atoms with Crippen molar-refractivity contribution < 1.29 is 22.7 Å². The van der Waals surface area contributed by atoms with Crippen molar-refractivity contribution in [2.45, 2.75) is 0 Å². The second kappa shape index (κ2) is 6.74. The summed E-state index contributed by atoms with van der Waals surface area (Å²) in [7, 11) is 0. The van der Waals surface area contributed by atoms with Crippen LogP contribution in [0.4, 0.5) is 13.2 Å². The zero-order valence-electron chi connectivity index (χ0n) is 10.8. The largest absolute Gasteiger partial charge is 0.474 e. The number of aromatic nitrogens is 1.